The van der Waals surface area contributed by atoms with Crippen LogP contribution in [0.4, 0.5) is 0 Å². The van der Waals surface area contributed by atoms with E-state index in [0.717, 1.165) is 22.9 Å². The highest BCUT2D eigenvalue weighted by molar-refractivity contribution is 6.30. The molecule has 2 nitrogen and oxygen atoms in total. The van der Waals surface area contributed by atoms with E-state index in [9.17, 15) is 0 Å². The number of hydrogen-bond acceptors (Lipinski definition) is 2. The maximum absolute atomic E-state index is 5.86. The summed E-state index contributed by atoms with van der Waals surface area (Å²) in [7, 11) is 0. The summed E-state index contributed by atoms with van der Waals surface area (Å²) >= 11 is 5.86. The van der Waals surface area contributed by atoms with Crippen LogP contribution in [0.25, 0.3) is 0 Å². The number of halogens is 1. The first-order valence-corrected chi connectivity index (χ1v) is 7.21. The number of hydrogen-bond donors (Lipinski definition) is 1. The number of benzene rings is 2. The molecule has 0 atom stereocenters. The third kappa shape index (κ3) is 4.87. The van der Waals surface area contributed by atoms with Crippen LogP contribution in [-0.2, 0) is 13.2 Å². The second-order valence-electron chi connectivity index (χ2n) is 5.10. The molecule has 0 heterocycles. The second-order valence-corrected chi connectivity index (χ2v) is 5.53. The van der Waals surface area contributed by atoms with Crippen LogP contribution in [0.15, 0.2) is 48.5 Å². The number of rotatable bonds is 6. The molecule has 0 aliphatic carbocycles. The molecule has 0 spiro atoms. The van der Waals surface area contributed by atoms with Gasteiger partial charge in [0, 0.05) is 17.6 Å². The minimum absolute atomic E-state index is 0.480. The van der Waals surface area contributed by atoms with E-state index in [-0.39, 0.29) is 0 Å². The summed E-state index contributed by atoms with van der Waals surface area (Å²) in [4.78, 5) is 0. The summed E-state index contributed by atoms with van der Waals surface area (Å²) in [6, 6.07) is 16.4. The van der Waals surface area contributed by atoms with Gasteiger partial charge in [0.2, 0.25) is 0 Å². The molecule has 3 heteroatoms. The average Bonchev–Trinajstić information content (AvgIpc) is 2.45. The molecule has 0 saturated carbocycles. The summed E-state index contributed by atoms with van der Waals surface area (Å²) in [6.45, 7) is 5.69. The molecule has 106 valence electrons. The fourth-order valence-corrected chi connectivity index (χ4v) is 1.94. The molecule has 0 aliphatic rings. The minimum atomic E-state index is 0.480. The predicted molar refractivity (Wildman–Crippen MR) is 84.2 cm³/mol. The largest absolute Gasteiger partial charge is 0.489 e. The predicted octanol–water partition coefficient (Wildman–Crippen LogP) is 4.42. The average molecular weight is 290 g/mol. The van der Waals surface area contributed by atoms with E-state index in [0.29, 0.717) is 12.6 Å². The summed E-state index contributed by atoms with van der Waals surface area (Å²) in [5.74, 6) is 0.892. The van der Waals surface area contributed by atoms with Gasteiger partial charge in [-0.1, -0.05) is 49.7 Å². The van der Waals surface area contributed by atoms with Gasteiger partial charge in [-0.2, -0.15) is 0 Å². The molecule has 0 bridgehead atoms. The van der Waals surface area contributed by atoms with Crippen LogP contribution in [0, 0.1) is 0 Å². The van der Waals surface area contributed by atoms with Gasteiger partial charge in [0.15, 0.2) is 0 Å². The standard InChI is InChI=1S/C17H20ClNO/c1-13(2)19-11-15-4-3-5-17(10-15)20-12-14-6-8-16(18)9-7-14/h3-10,13,19H,11-12H2,1-2H3. The molecule has 0 fully saturated rings. The maximum Gasteiger partial charge on any atom is 0.120 e. The van der Waals surface area contributed by atoms with Crippen molar-refractivity contribution in [2.24, 2.45) is 0 Å². The van der Waals surface area contributed by atoms with Crippen LogP contribution in [0.2, 0.25) is 5.02 Å². The van der Waals surface area contributed by atoms with Crippen molar-refractivity contribution < 1.29 is 4.74 Å². The van der Waals surface area contributed by atoms with Crippen molar-refractivity contribution in [2.75, 3.05) is 0 Å². The maximum atomic E-state index is 5.86. The zero-order valence-electron chi connectivity index (χ0n) is 11.9. The van der Waals surface area contributed by atoms with Gasteiger partial charge >= 0.3 is 0 Å². The van der Waals surface area contributed by atoms with E-state index in [1.807, 2.05) is 36.4 Å². The Morgan fingerprint density at radius 3 is 2.50 bits per heavy atom. The number of ether oxygens (including phenoxy) is 1. The van der Waals surface area contributed by atoms with Crippen molar-refractivity contribution in [1.29, 1.82) is 0 Å². The Bertz CT molecular complexity index is 537. The first-order chi connectivity index (χ1) is 9.63. The van der Waals surface area contributed by atoms with Crippen LogP contribution >= 0.6 is 11.6 Å². The summed E-state index contributed by atoms with van der Waals surface area (Å²) in [6.07, 6.45) is 0. The normalized spacial score (nSPS) is 10.8. The Morgan fingerprint density at radius 1 is 1.05 bits per heavy atom. The molecule has 0 unspecified atom stereocenters. The van der Waals surface area contributed by atoms with Gasteiger partial charge in [-0.15, -0.1) is 0 Å². The van der Waals surface area contributed by atoms with Crippen LogP contribution in [0.3, 0.4) is 0 Å². The Morgan fingerprint density at radius 2 is 1.80 bits per heavy atom. The van der Waals surface area contributed by atoms with E-state index in [2.05, 4.69) is 31.3 Å². The minimum Gasteiger partial charge on any atom is -0.489 e. The lowest BCUT2D eigenvalue weighted by Crippen LogP contribution is -2.21. The molecule has 1 N–H and O–H groups in total. The molecule has 20 heavy (non-hydrogen) atoms. The Labute approximate surface area is 125 Å². The SMILES string of the molecule is CC(C)NCc1cccc(OCc2ccc(Cl)cc2)c1. The fraction of sp³-hybridized carbons (Fsp3) is 0.294. The third-order valence-electron chi connectivity index (χ3n) is 2.93. The zero-order chi connectivity index (χ0) is 14.4. The molecular formula is C17H20ClNO. The first-order valence-electron chi connectivity index (χ1n) is 6.83. The highest BCUT2D eigenvalue weighted by atomic mass is 35.5. The lowest BCUT2D eigenvalue weighted by Gasteiger charge is -2.10. The van der Waals surface area contributed by atoms with E-state index in [1.165, 1.54) is 5.56 Å². The Balaban J connectivity index is 1.92. The van der Waals surface area contributed by atoms with Gasteiger partial charge in [0.05, 0.1) is 0 Å². The summed E-state index contributed by atoms with van der Waals surface area (Å²) in [5.41, 5.74) is 2.34. The van der Waals surface area contributed by atoms with Crippen molar-refractivity contribution in [2.45, 2.75) is 33.0 Å². The van der Waals surface area contributed by atoms with Crippen LogP contribution in [0.5, 0.6) is 5.75 Å². The monoisotopic (exact) mass is 289 g/mol. The van der Waals surface area contributed by atoms with E-state index in [4.69, 9.17) is 16.3 Å². The van der Waals surface area contributed by atoms with Crippen LogP contribution < -0.4 is 10.1 Å². The number of nitrogens with one attached hydrogen (secondary N) is 1. The molecular weight excluding hydrogens is 270 g/mol. The van der Waals surface area contributed by atoms with E-state index in [1.54, 1.807) is 0 Å². The summed E-state index contributed by atoms with van der Waals surface area (Å²) in [5, 5.41) is 4.14. The van der Waals surface area contributed by atoms with Crippen molar-refractivity contribution in [3.8, 4) is 5.75 Å². The smallest absolute Gasteiger partial charge is 0.120 e. The molecule has 0 saturated heterocycles. The lowest BCUT2D eigenvalue weighted by atomic mass is 10.2. The van der Waals surface area contributed by atoms with Crippen molar-refractivity contribution >= 4 is 11.6 Å². The van der Waals surface area contributed by atoms with Crippen molar-refractivity contribution in [1.82, 2.24) is 5.32 Å². The highest BCUT2D eigenvalue weighted by Crippen LogP contribution is 2.16. The van der Waals surface area contributed by atoms with Crippen LogP contribution in [0.1, 0.15) is 25.0 Å². The molecule has 0 radical (unpaired) electrons. The van der Waals surface area contributed by atoms with Crippen molar-refractivity contribution in [3.63, 3.8) is 0 Å². The third-order valence-corrected chi connectivity index (χ3v) is 3.18. The molecule has 0 aliphatic heterocycles. The lowest BCUT2D eigenvalue weighted by molar-refractivity contribution is 0.306. The van der Waals surface area contributed by atoms with Gasteiger partial charge in [0.1, 0.15) is 12.4 Å². The molecule has 2 aromatic carbocycles. The molecule has 2 rings (SSSR count). The quantitative estimate of drug-likeness (QED) is 0.850. The van der Waals surface area contributed by atoms with Gasteiger partial charge in [-0.25, -0.2) is 0 Å². The highest BCUT2D eigenvalue weighted by Gasteiger charge is 2.00. The van der Waals surface area contributed by atoms with Gasteiger partial charge in [-0.05, 0) is 35.4 Å². The first kappa shape index (κ1) is 14.9. The molecule has 0 aromatic heterocycles. The zero-order valence-corrected chi connectivity index (χ0v) is 12.7. The van der Waals surface area contributed by atoms with Crippen molar-refractivity contribution in [3.05, 3.63) is 64.7 Å². The topological polar surface area (TPSA) is 21.3 Å². The Kier molecular flexibility index (Phi) is 5.45. The van der Waals surface area contributed by atoms with E-state index < -0.39 is 0 Å². The van der Waals surface area contributed by atoms with Crippen LogP contribution in [-0.4, -0.2) is 6.04 Å². The fourth-order valence-electron chi connectivity index (χ4n) is 1.81. The van der Waals surface area contributed by atoms with Gasteiger partial charge in [-0.3, -0.25) is 0 Å². The molecule has 0 amide bonds. The van der Waals surface area contributed by atoms with Gasteiger partial charge in [0.25, 0.3) is 0 Å². The molecule has 2 aromatic rings. The Hall–Kier alpha value is -1.51. The van der Waals surface area contributed by atoms with E-state index >= 15 is 0 Å². The second kappa shape index (κ2) is 7.32. The summed E-state index contributed by atoms with van der Waals surface area (Å²) < 4.78 is 5.81. The van der Waals surface area contributed by atoms with Gasteiger partial charge < -0.3 is 10.1 Å².